The summed E-state index contributed by atoms with van der Waals surface area (Å²) in [6.45, 7) is 5.37. The summed E-state index contributed by atoms with van der Waals surface area (Å²) >= 11 is 3.14. The largest absolute Gasteiger partial charge is 0.485 e. The van der Waals surface area contributed by atoms with Crippen LogP contribution in [0.25, 0.3) is 11.4 Å². The van der Waals surface area contributed by atoms with E-state index in [0.29, 0.717) is 54.7 Å². The van der Waals surface area contributed by atoms with Gasteiger partial charge in [0.2, 0.25) is 11.7 Å². The molecule has 0 bridgehead atoms. The van der Waals surface area contributed by atoms with Gasteiger partial charge < -0.3 is 29.2 Å². The maximum atomic E-state index is 14.3. The number of amides is 2. The highest BCUT2D eigenvalue weighted by Gasteiger charge is 2.33. The minimum atomic E-state index is -4.56. The Bertz CT molecular complexity index is 2370. The lowest BCUT2D eigenvalue weighted by Crippen LogP contribution is -2.51. The van der Waals surface area contributed by atoms with Crippen LogP contribution in [-0.4, -0.2) is 85.2 Å². The van der Waals surface area contributed by atoms with E-state index in [9.17, 15) is 27.6 Å². The van der Waals surface area contributed by atoms with E-state index >= 15 is 0 Å². The molecule has 2 aliphatic rings. The van der Waals surface area contributed by atoms with Crippen LogP contribution in [0, 0.1) is 6.92 Å². The second kappa shape index (κ2) is 16.2. The van der Waals surface area contributed by atoms with E-state index in [1.165, 1.54) is 16.9 Å². The van der Waals surface area contributed by atoms with E-state index < -0.39 is 23.2 Å². The number of ether oxygens (including phenoxy) is 2. The molecule has 18 heteroatoms. The monoisotopic (exact) mass is 835 g/mol. The predicted octanol–water partition coefficient (Wildman–Crippen LogP) is 5.32. The normalized spacial score (nSPS) is 14.9. The number of nitrogens with one attached hydrogen (secondary N) is 1. The SMILES string of the molecule is CCc1c(N2CCN(C(=O)c3ncnc(C)c3OCc3ccccc3)CC2)c(=O)n2nc(C3=CCOCC3)nc2n1CC(=O)Nc1ccc(C(F)(F)F)cc1Br. The van der Waals surface area contributed by atoms with Crippen molar-refractivity contribution in [2.45, 2.75) is 46.0 Å². The molecule has 56 heavy (non-hydrogen) atoms. The Labute approximate surface area is 327 Å². The first-order chi connectivity index (χ1) is 26.9. The molecule has 1 N–H and O–H groups in total. The number of fused-ring (bicyclic) bond motifs is 1. The summed E-state index contributed by atoms with van der Waals surface area (Å²) in [5, 5.41) is 7.27. The number of hydrogen-bond acceptors (Lipinski definition) is 10. The first-order valence-corrected chi connectivity index (χ1v) is 18.7. The molecule has 3 aromatic heterocycles. The van der Waals surface area contributed by atoms with Gasteiger partial charge in [0.05, 0.1) is 35.9 Å². The topological polar surface area (TPSA) is 149 Å². The minimum Gasteiger partial charge on any atom is -0.485 e. The number of carbonyl (C=O) groups is 2. The summed E-state index contributed by atoms with van der Waals surface area (Å²) in [6.07, 6.45) is -0.538. The highest BCUT2D eigenvalue weighted by molar-refractivity contribution is 9.10. The molecular formula is C38H37BrF3N9O5. The molecule has 14 nitrogen and oxygen atoms in total. The Morgan fingerprint density at radius 1 is 1.05 bits per heavy atom. The second-order valence-corrected chi connectivity index (χ2v) is 14.0. The van der Waals surface area contributed by atoms with Crippen LogP contribution in [0.4, 0.5) is 24.5 Å². The molecule has 2 amide bonds. The summed E-state index contributed by atoms with van der Waals surface area (Å²) in [4.78, 5) is 58.6. The van der Waals surface area contributed by atoms with Crippen LogP contribution in [0.3, 0.4) is 0 Å². The van der Waals surface area contributed by atoms with E-state index in [4.69, 9.17) is 14.5 Å². The summed E-state index contributed by atoms with van der Waals surface area (Å²) in [6, 6.07) is 12.5. The van der Waals surface area contributed by atoms with Gasteiger partial charge in [-0.05, 0) is 65.0 Å². The Kier molecular flexibility index (Phi) is 11.2. The summed E-state index contributed by atoms with van der Waals surface area (Å²) in [5.41, 5.74) is 2.03. The fraction of sp³-hybridized carbons (Fsp3) is 0.342. The van der Waals surface area contributed by atoms with E-state index in [1.54, 1.807) is 16.4 Å². The van der Waals surface area contributed by atoms with Crippen molar-refractivity contribution in [2.24, 2.45) is 0 Å². The van der Waals surface area contributed by atoms with Gasteiger partial charge in [-0.3, -0.25) is 14.4 Å². The number of alkyl halides is 3. The first kappa shape index (κ1) is 38.6. The van der Waals surface area contributed by atoms with E-state index in [0.717, 1.165) is 23.3 Å². The zero-order chi connectivity index (χ0) is 39.6. The number of piperazine rings is 1. The Morgan fingerprint density at radius 3 is 2.50 bits per heavy atom. The summed E-state index contributed by atoms with van der Waals surface area (Å²) in [7, 11) is 0. The maximum absolute atomic E-state index is 14.3. The van der Waals surface area contributed by atoms with Crippen LogP contribution < -0.4 is 20.5 Å². The summed E-state index contributed by atoms with van der Waals surface area (Å²) < 4.78 is 54.2. The first-order valence-electron chi connectivity index (χ1n) is 17.9. The number of aromatic nitrogens is 6. The van der Waals surface area contributed by atoms with Crippen molar-refractivity contribution in [3.8, 4) is 5.75 Å². The Hall–Kier alpha value is -5.62. The maximum Gasteiger partial charge on any atom is 0.416 e. The number of benzene rings is 2. The number of nitrogens with zero attached hydrogens (tertiary/aromatic N) is 8. The lowest BCUT2D eigenvalue weighted by molar-refractivity contribution is -0.137. The van der Waals surface area contributed by atoms with Crippen molar-refractivity contribution in [3.05, 3.63) is 110 Å². The molecule has 0 spiro atoms. The molecule has 0 atom stereocenters. The van der Waals surface area contributed by atoms with Crippen molar-refractivity contribution in [1.82, 2.24) is 34.0 Å². The molecule has 5 heterocycles. The van der Waals surface area contributed by atoms with Crippen molar-refractivity contribution in [3.63, 3.8) is 0 Å². The third kappa shape index (κ3) is 8.02. The Balaban J connectivity index is 1.17. The van der Waals surface area contributed by atoms with Crippen LogP contribution >= 0.6 is 15.9 Å². The molecule has 1 fully saturated rings. The molecule has 7 rings (SSSR count). The molecule has 2 aliphatic heterocycles. The van der Waals surface area contributed by atoms with Crippen molar-refractivity contribution in [1.29, 1.82) is 0 Å². The Morgan fingerprint density at radius 2 is 1.82 bits per heavy atom. The van der Waals surface area contributed by atoms with Crippen molar-refractivity contribution in [2.75, 3.05) is 49.6 Å². The molecule has 1 saturated heterocycles. The number of rotatable bonds is 10. The third-order valence-corrected chi connectivity index (χ3v) is 10.2. The van der Waals surface area contributed by atoms with E-state index in [1.807, 2.05) is 48.2 Å². The molecule has 0 radical (unpaired) electrons. The van der Waals surface area contributed by atoms with Crippen LogP contribution in [0.15, 0.2) is 70.2 Å². The van der Waals surface area contributed by atoms with Gasteiger partial charge in [-0.15, -0.1) is 5.10 Å². The van der Waals surface area contributed by atoms with Gasteiger partial charge in [0.1, 0.15) is 25.2 Å². The van der Waals surface area contributed by atoms with Crippen molar-refractivity contribution < 1.29 is 32.2 Å². The van der Waals surface area contributed by atoms with Gasteiger partial charge in [0, 0.05) is 30.7 Å². The molecule has 0 saturated carbocycles. The quantitative estimate of drug-likeness (QED) is 0.196. The van der Waals surface area contributed by atoms with Gasteiger partial charge in [0.15, 0.2) is 17.3 Å². The number of halogens is 4. The van der Waals surface area contributed by atoms with E-state index in [-0.39, 0.29) is 66.9 Å². The zero-order valence-electron chi connectivity index (χ0n) is 30.5. The minimum absolute atomic E-state index is 0.0535. The highest BCUT2D eigenvalue weighted by atomic mass is 79.9. The van der Waals surface area contributed by atoms with Gasteiger partial charge in [-0.25, -0.2) is 9.97 Å². The van der Waals surface area contributed by atoms with Crippen LogP contribution in [0.5, 0.6) is 5.75 Å². The van der Waals surface area contributed by atoms with Gasteiger partial charge in [-0.1, -0.05) is 43.3 Å². The van der Waals surface area contributed by atoms with Crippen LogP contribution in [-0.2, 0) is 35.3 Å². The molecule has 292 valence electrons. The number of anilines is 2. The standard InChI is InChI=1S/C38H37BrF3N9O5/c1-3-29-32(48-13-15-49(16-14-48)35(53)31-33(23(2)43-22-44-31)56-21-24-7-5-4-6-8-24)36(54)51-37(46-34(47-51)25-11-17-55-18-12-25)50(29)20-30(52)45-28-10-9-26(19-27(28)39)38(40,41)42/h4-11,19,22H,3,12-18,20-21H2,1-2H3,(H,45,52). The zero-order valence-corrected chi connectivity index (χ0v) is 32.1. The third-order valence-electron chi connectivity index (χ3n) is 9.58. The smallest absolute Gasteiger partial charge is 0.416 e. The molecule has 0 aliphatic carbocycles. The molecule has 5 aromatic rings. The predicted molar refractivity (Wildman–Crippen MR) is 203 cm³/mol. The fourth-order valence-corrected chi connectivity index (χ4v) is 7.20. The molecular weight excluding hydrogens is 799 g/mol. The molecule has 2 aromatic carbocycles. The lowest BCUT2D eigenvalue weighted by Gasteiger charge is -2.36. The molecule has 0 unspecified atom stereocenters. The fourth-order valence-electron chi connectivity index (χ4n) is 6.72. The van der Waals surface area contributed by atoms with E-state index in [2.05, 4.69) is 36.3 Å². The van der Waals surface area contributed by atoms with Gasteiger partial charge >= 0.3 is 6.18 Å². The van der Waals surface area contributed by atoms with Gasteiger partial charge in [-0.2, -0.15) is 22.7 Å². The van der Waals surface area contributed by atoms with Crippen molar-refractivity contribution >= 4 is 50.5 Å². The average molecular weight is 837 g/mol. The second-order valence-electron chi connectivity index (χ2n) is 13.2. The van der Waals surface area contributed by atoms with Crippen LogP contribution in [0.2, 0.25) is 0 Å². The lowest BCUT2D eigenvalue weighted by atomic mass is 10.1. The summed E-state index contributed by atoms with van der Waals surface area (Å²) in [5.74, 6) is -0.139. The number of hydrogen-bond donors (Lipinski definition) is 1. The van der Waals surface area contributed by atoms with Crippen LogP contribution in [0.1, 0.15) is 52.2 Å². The van der Waals surface area contributed by atoms with Gasteiger partial charge in [0.25, 0.3) is 11.5 Å². The number of aryl methyl sites for hydroxylation is 1. The average Bonchev–Trinajstić information content (AvgIpc) is 3.65. The number of carbonyl (C=O) groups excluding carboxylic acids is 2. The highest BCUT2D eigenvalue weighted by Crippen LogP contribution is 2.34.